The van der Waals surface area contributed by atoms with Crippen LogP contribution in [-0.4, -0.2) is 29.6 Å². The molecule has 3 rings (SSSR count). The first-order chi connectivity index (χ1) is 9.76. The molecule has 2 aromatic rings. The first kappa shape index (κ1) is 13.1. The van der Waals surface area contributed by atoms with Crippen LogP contribution in [-0.2, 0) is 6.42 Å². The summed E-state index contributed by atoms with van der Waals surface area (Å²) >= 11 is 0. The zero-order valence-corrected chi connectivity index (χ0v) is 11.6. The molecule has 1 saturated heterocycles. The van der Waals surface area contributed by atoms with Gasteiger partial charge < -0.3 is 10.1 Å². The van der Waals surface area contributed by atoms with Gasteiger partial charge in [-0.15, -0.1) is 0 Å². The minimum absolute atomic E-state index is 0.0437. The Morgan fingerprint density at radius 2 is 2.20 bits per heavy atom. The molecule has 2 aromatic heterocycles. The van der Waals surface area contributed by atoms with Gasteiger partial charge in [0, 0.05) is 11.8 Å². The van der Waals surface area contributed by atoms with E-state index in [-0.39, 0.29) is 5.56 Å². The molecule has 0 spiro atoms. The molecule has 0 radical (unpaired) electrons. The van der Waals surface area contributed by atoms with Gasteiger partial charge >= 0.3 is 0 Å². The predicted octanol–water partition coefficient (Wildman–Crippen LogP) is 1.25. The maximum absolute atomic E-state index is 12.2. The van der Waals surface area contributed by atoms with E-state index in [2.05, 4.69) is 10.3 Å². The Bertz CT molecular complexity index is 660. The zero-order chi connectivity index (χ0) is 13.9. The molecule has 5 nitrogen and oxygen atoms in total. The van der Waals surface area contributed by atoms with Crippen LogP contribution in [0.2, 0.25) is 0 Å². The first-order valence-corrected chi connectivity index (χ1v) is 7.03. The topological polar surface area (TPSA) is 55.6 Å². The number of hydrogen-bond acceptors (Lipinski definition) is 4. The molecule has 20 heavy (non-hydrogen) atoms. The second kappa shape index (κ2) is 5.63. The smallest absolute Gasteiger partial charge is 0.258 e. The highest BCUT2D eigenvalue weighted by molar-refractivity contribution is 5.42. The van der Waals surface area contributed by atoms with E-state index >= 15 is 0 Å². The molecule has 5 heteroatoms. The van der Waals surface area contributed by atoms with E-state index in [0.29, 0.717) is 17.3 Å². The van der Waals surface area contributed by atoms with Gasteiger partial charge in [0.15, 0.2) is 0 Å². The molecule has 106 valence electrons. The average molecular weight is 273 g/mol. The number of ether oxygens (including phenoxy) is 1. The SMILES string of the molecule is COc1ccc2nc(CC3CCNCC3)cc(=O)n2c1. The summed E-state index contributed by atoms with van der Waals surface area (Å²) in [5.74, 6) is 1.29. The van der Waals surface area contributed by atoms with Gasteiger partial charge in [-0.1, -0.05) is 0 Å². The Morgan fingerprint density at radius 1 is 1.40 bits per heavy atom. The lowest BCUT2D eigenvalue weighted by Gasteiger charge is -2.22. The third-order valence-electron chi connectivity index (χ3n) is 3.88. The molecule has 0 atom stereocenters. The molecule has 0 unspecified atom stereocenters. The number of nitrogens with one attached hydrogen (secondary N) is 1. The maximum Gasteiger partial charge on any atom is 0.258 e. The van der Waals surface area contributed by atoms with Crippen LogP contribution < -0.4 is 15.6 Å². The lowest BCUT2D eigenvalue weighted by Crippen LogP contribution is -2.29. The molecule has 1 aliphatic heterocycles. The summed E-state index contributed by atoms with van der Waals surface area (Å²) in [7, 11) is 1.59. The van der Waals surface area contributed by atoms with Crippen molar-refractivity contribution in [1.29, 1.82) is 0 Å². The molecule has 0 amide bonds. The summed E-state index contributed by atoms with van der Waals surface area (Å²) in [6, 6.07) is 5.30. The van der Waals surface area contributed by atoms with E-state index in [4.69, 9.17) is 4.74 Å². The van der Waals surface area contributed by atoms with E-state index in [0.717, 1.165) is 38.0 Å². The van der Waals surface area contributed by atoms with E-state index in [9.17, 15) is 4.79 Å². The second-order valence-electron chi connectivity index (χ2n) is 5.28. The summed E-state index contributed by atoms with van der Waals surface area (Å²) < 4.78 is 6.67. The number of rotatable bonds is 3. The van der Waals surface area contributed by atoms with Crippen LogP contribution in [0, 0.1) is 5.92 Å². The van der Waals surface area contributed by atoms with Crippen molar-refractivity contribution in [1.82, 2.24) is 14.7 Å². The number of hydrogen-bond donors (Lipinski definition) is 1. The number of fused-ring (bicyclic) bond motifs is 1. The van der Waals surface area contributed by atoms with Gasteiger partial charge in [-0.05, 0) is 50.4 Å². The summed E-state index contributed by atoms with van der Waals surface area (Å²) in [4.78, 5) is 16.8. The third kappa shape index (κ3) is 2.67. The Labute approximate surface area is 117 Å². The minimum atomic E-state index is -0.0437. The van der Waals surface area contributed by atoms with Gasteiger partial charge in [0.2, 0.25) is 0 Å². The molecule has 0 bridgehead atoms. The van der Waals surface area contributed by atoms with Crippen LogP contribution >= 0.6 is 0 Å². The molecule has 0 aromatic carbocycles. The standard InChI is InChI=1S/C15H19N3O2/c1-20-13-2-3-14-17-12(9-15(19)18(14)10-13)8-11-4-6-16-7-5-11/h2-3,9-11,16H,4-8H2,1H3. The number of pyridine rings is 1. The second-order valence-corrected chi connectivity index (χ2v) is 5.28. The first-order valence-electron chi connectivity index (χ1n) is 7.03. The number of aromatic nitrogens is 2. The molecule has 3 heterocycles. The third-order valence-corrected chi connectivity index (χ3v) is 3.88. The fraction of sp³-hybridized carbons (Fsp3) is 0.467. The van der Waals surface area contributed by atoms with E-state index in [1.807, 2.05) is 12.1 Å². The lowest BCUT2D eigenvalue weighted by atomic mass is 9.93. The van der Waals surface area contributed by atoms with Gasteiger partial charge in [-0.25, -0.2) is 4.98 Å². The number of methoxy groups -OCH3 is 1. The van der Waals surface area contributed by atoms with Gasteiger partial charge in [0.25, 0.3) is 5.56 Å². The Balaban J connectivity index is 1.91. The Kier molecular flexibility index (Phi) is 3.69. The van der Waals surface area contributed by atoms with Crippen molar-refractivity contribution in [2.45, 2.75) is 19.3 Å². The van der Waals surface area contributed by atoms with Crippen molar-refractivity contribution in [3.05, 3.63) is 40.4 Å². The van der Waals surface area contributed by atoms with Gasteiger partial charge in [-0.2, -0.15) is 0 Å². The van der Waals surface area contributed by atoms with Crippen molar-refractivity contribution < 1.29 is 4.74 Å². The van der Waals surface area contributed by atoms with Crippen LogP contribution in [0.3, 0.4) is 0 Å². The van der Waals surface area contributed by atoms with E-state index in [1.54, 1.807) is 19.4 Å². The summed E-state index contributed by atoms with van der Waals surface area (Å²) in [6.07, 6.45) is 4.88. The largest absolute Gasteiger partial charge is 0.495 e. The van der Waals surface area contributed by atoms with Gasteiger partial charge in [0.05, 0.1) is 13.3 Å². The molecule has 1 N–H and O–H groups in total. The van der Waals surface area contributed by atoms with E-state index < -0.39 is 0 Å². The highest BCUT2D eigenvalue weighted by Gasteiger charge is 2.15. The minimum Gasteiger partial charge on any atom is -0.495 e. The van der Waals surface area contributed by atoms with Crippen molar-refractivity contribution in [3.63, 3.8) is 0 Å². The highest BCUT2D eigenvalue weighted by atomic mass is 16.5. The quantitative estimate of drug-likeness (QED) is 0.914. The lowest BCUT2D eigenvalue weighted by molar-refractivity contribution is 0.370. The van der Waals surface area contributed by atoms with Crippen LogP contribution in [0.5, 0.6) is 5.75 Å². The van der Waals surface area contributed by atoms with Gasteiger partial charge in [0.1, 0.15) is 11.4 Å². The van der Waals surface area contributed by atoms with Crippen molar-refractivity contribution in [2.24, 2.45) is 5.92 Å². The fourth-order valence-corrected chi connectivity index (χ4v) is 2.74. The average Bonchev–Trinajstić information content (AvgIpc) is 2.48. The normalized spacial score (nSPS) is 16.4. The van der Waals surface area contributed by atoms with Crippen LogP contribution in [0.25, 0.3) is 5.65 Å². The Hall–Kier alpha value is -1.88. The molecule has 0 aliphatic carbocycles. The van der Waals surface area contributed by atoms with Crippen molar-refractivity contribution in [3.8, 4) is 5.75 Å². The van der Waals surface area contributed by atoms with E-state index in [1.165, 1.54) is 4.40 Å². The predicted molar refractivity (Wildman–Crippen MR) is 77.3 cm³/mol. The van der Waals surface area contributed by atoms with Crippen LogP contribution in [0.1, 0.15) is 18.5 Å². The maximum atomic E-state index is 12.2. The molecular weight excluding hydrogens is 254 g/mol. The van der Waals surface area contributed by atoms with Crippen molar-refractivity contribution in [2.75, 3.05) is 20.2 Å². The van der Waals surface area contributed by atoms with Crippen molar-refractivity contribution >= 4 is 5.65 Å². The number of piperidine rings is 1. The number of nitrogens with zero attached hydrogens (tertiary/aromatic N) is 2. The zero-order valence-electron chi connectivity index (χ0n) is 11.6. The summed E-state index contributed by atoms with van der Waals surface area (Å²) in [5.41, 5.74) is 1.53. The molecule has 1 aliphatic rings. The van der Waals surface area contributed by atoms with Gasteiger partial charge in [-0.3, -0.25) is 9.20 Å². The fourth-order valence-electron chi connectivity index (χ4n) is 2.74. The molecular formula is C15H19N3O2. The highest BCUT2D eigenvalue weighted by Crippen LogP contribution is 2.17. The summed E-state index contributed by atoms with van der Waals surface area (Å²) in [5, 5.41) is 3.35. The van der Waals surface area contributed by atoms with Crippen LogP contribution in [0.15, 0.2) is 29.2 Å². The molecule has 0 saturated carbocycles. The summed E-state index contributed by atoms with van der Waals surface area (Å²) in [6.45, 7) is 2.13. The Morgan fingerprint density at radius 3 is 2.95 bits per heavy atom. The monoisotopic (exact) mass is 273 g/mol. The van der Waals surface area contributed by atoms with Crippen LogP contribution in [0.4, 0.5) is 0 Å². The molecule has 1 fully saturated rings.